The minimum absolute atomic E-state index is 0.0505. The maximum Gasteiger partial charge on any atom is 0.260 e. The number of carbonyl (C=O) groups excluding carboxylic acids is 1. The molecular formula is C15H22N2O2. The number of carbonyl (C=O) groups is 1. The van der Waals surface area contributed by atoms with Gasteiger partial charge in [0.15, 0.2) is 6.61 Å². The molecule has 2 rings (SSSR count). The number of nitrogens with two attached hydrogens (primary N) is 1. The van der Waals surface area contributed by atoms with Crippen molar-refractivity contribution in [3.8, 4) is 5.75 Å². The lowest BCUT2D eigenvalue weighted by Gasteiger charge is -2.37. The summed E-state index contributed by atoms with van der Waals surface area (Å²) in [6.45, 7) is 3.60. The third-order valence-corrected chi connectivity index (χ3v) is 3.74. The number of nitrogens with zero attached hydrogens (tertiary/aromatic N) is 1. The zero-order valence-corrected chi connectivity index (χ0v) is 11.4. The maximum absolute atomic E-state index is 12.2. The number of amides is 1. The zero-order chi connectivity index (χ0) is 13.7. The summed E-state index contributed by atoms with van der Waals surface area (Å²) in [4.78, 5) is 14.1. The van der Waals surface area contributed by atoms with Crippen molar-refractivity contribution in [1.29, 1.82) is 0 Å². The molecule has 0 saturated carbocycles. The number of para-hydroxylation sites is 1. The molecule has 1 heterocycles. The Morgan fingerprint density at radius 3 is 2.79 bits per heavy atom. The van der Waals surface area contributed by atoms with Crippen LogP contribution in [0.2, 0.25) is 0 Å². The van der Waals surface area contributed by atoms with Crippen molar-refractivity contribution in [2.75, 3.05) is 19.7 Å². The van der Waals surface area contributed by atoms with E-state index >= 15 is 0 Å². The Kier molecular flexibility index (Phi) is 4.80. The molecule has 1 fully saturated rings. The second-order valence-corrected chi connectivity index (χ2v) is 5.18. The fourth-order valence-electron chi connectivity index (χ4n) is 2.47. The summed E-state index contributed by atoms with van der Waals surface area (Å²) in [7, 11) is 0. The number of hydrogen-bond acceptors (Lipinski definition) is 3. The van der Waals surface area contributed by atoms with Crippen LogP contribution in [0.1, 0.15) is 19.8 Å². The van der Waals surface area contributed by atoms with Crippen LogP contribution in [0, 0.1) is 5.92 Å². The van der Waals surface area contributed by atoms with Crippen LogP contribution in [-0.2, 0) is 4.79 Å². The predicted molar refractivity (Wildman–Crippen MR) is 74.9 cm³/mol. The molecule has 1 aromatic rings. The zero-order valence-electron chi connectivity index (χ0n) is 11.4. The van der Waals surface area contributed by atoms with Crippen LogP contribution >= 0.6 is 0 Å². The van der Waals surface area contributed by atoms with Crippen LogP contribution in [0.4, 0.5) is 0 Å². The van der Waals surface area contributed by atoms with Gasteiger partial charge in [0.05, 0.1) is 0 Å². The number of ether oxygens (including phenoxy) is 1. The standard InChI is InChI=1S/C15H22N2O2/c1-12-7-8-13(9-16)10-17(12)15(18)11-19-14-5-3-2-4-6-14/h2-6,12-13H,7-11,16H2,1H3. The third kappa shape index (κ3) is 3.70. The Bertz CT molecular complexity index is 408. The highest BCUT2D eigenvalue weighted by atomic mass is 16.5. The van der Waals surface area contributed by atoms with Gasteiger partial charge < -0.3 is 15.4 Å². The smallest absolute Gasteiger partial charge is 0.260 e. The molecule has 1 amide bonds. The fourth-order valence-corrected chi connectivity index (χ4v) is 2.47. The molecule has 2 N–H and O–H groups in total. The van der Waals surface area contributed by atoms with E-state index in [4.69, 9.17) is 10.5 Å². The molecule has 1 aliphatic rings. The summed E-state index contributed by atoms with van der Waals surface area (Å²) in [6, 6.07) is 9.72. The first kappa shape index (κ1) is 13.9. The number of rotatable bonds is 4. The number of benzene rings is 1. The van der Waals surface area contributed by atoms with E-state index in [9.17, 15) is 4.79 Å². The SMILES string of the molecule is CC1CCC(CN)CN1C(=O)COc1ccccc1. The minimum Gasteiger partial charge on any atom is -0.484 e. The normalized spacial score (nSPS) is 23.2. The average Bonchev–Trinajstić information content (AvgIpc) is 2.46. The van der Waals surface area contributed by atoms with Crippen LogP contribution in [-0.4, -0.2) is 36.5 Å². The van der Waals surface area contributed by atoms with Crippen LogP contribution in [0.5, 0.6) is 5.75 Å². The van der Waals surface area contributed by atoms with Gasteiger partial charge in [0.2, 0.25) is 0 Å². The highest BCUT2D eigenvalue weighted by Crippen LogP contribution is 2.21. The van der Waals surface area contributed by atoms with Gasteiger partial charge in [-0.3, -0.25) is 4.79 Å². The van der Waals surface area contributed by atoms with Crippen LogP contribution in [0.15, 0.2) is 30.3 Å². The molecule has 2 atom stereocenters. The van der Waals surface area contributed by atoms with Crippen molar-refractivity contribution in [2.24, 2.45) is 11.7 Å². The van der Waals surface area contributed by atoms with Gasteiger partial charge in [-0.1, -0.05) is 18.2 Å². The van der Waals surface area contributed by atoms with Gasteiger partial charge in [0.25, 0.3) is 5.91 Å². The third-order valence-electron chi connectivity index (χ3n) is 3.74. The Hall–Kier alpha value is -1.55. The minimum atomic E-state index is 0.0505. The van der Waals surface area contributed by atoms with Crippen molar-refractivity contribution in [1.82, 2.24) is 4.90 Å². The molecule has 19 heavy (non-hydrogen) atoms. The number of likely N-dealkylation sites (tertiary alicyclic amines) is 1. The first-order chi connectivity index (χ1) is 9.20. The molecule has 0 radical (unpaired) electrons. The topological polar surface area (TPSA) is 55.6 Å². The summed E-state index contributed by atoms with van der Waals surface area (Å²) >= 11 is 0. The molecule has 1 aromatic carbocycles. The molecule has 4 heteroatoms. The van der Waals surface area contributed by atoms with Gasteiger partial charge in [-0.2, -0.15) is 0 Å². The van der Waals surface area contributed by atoms with Gasteiger partial charge in [-0.15, -0.1) is 0 Å². The molecule has 0 bridgehead atoms. The van der Waals surface area contributed by atoms with Gasteiger partial charge in [-0.05, 0) is 44.4 Å². The summed E-state index contributed by atoms with van der Waals surface area (Å²) in [5, 5.41) is 0. The first-order valence-electron chi connectivity index (χ1n) is 6.88. The average molecular weight is 262 g/mol. The molecule has 0 spiro atoms. The van der Waals surface area contributed by atoms with Crippen LogP contribution in [0.25, 0.3) is 0 Å². The summed E-state index contributed by atoms with van der Waals surface area (Å²) in [6.07, 6.45) is 2.14. The largest absolute Gasteiger partial charge is 0.484 e. The van der Waals surface area contributed by atoms with E-state index in [1.807, 2.05) is 35.2 Å². The maximum atomic E-state index is 12.2. The monoisotopic (exact) mass is 262 g/mol. The predicted octanol–water partition coefficient (Wildman–Crippen LogP) is 1.65. The van der Waals surface area contributed by atoms with E-state index in [0.29, 0.717) is 12.5 Å². The molecule has 1 aliphatic heterocycles. The summed E-state index contributed by atoms with van der Waals surface area (Å²) < 4.78 is 5.52. The highest BCUT2D eigenvalue weighted by Gasteiger charge is 2.28. The quantitative estimate of drug-likeness (QED) is 0.897. The molecule has 0 aliphatic carbocycles. The molecule has 2 unspecified atom stereocenters. The van der Waals surface area contributed by atoms with Crippen molar-refractivity contribution in [3.05, 3.63) is 30.3 Å². The Labute approximate surface area is 114 Å². The Balaban J connectivity index is 1.88. The van der Waals surface area contributed by atoms with Gasteiger partial charge in [-0.25, -0.2) is 0 Å². The molecule has 0 aromatic heterocycles. The van der Waals surface area contributed by atoms with Crippen molar-refractivity contribution in [2.45, 2.75) is 25.8 Å². The second-order valence-electron chi connectivity index (χ2n) is 5.18. The lowest BCUT2D eigenvalue weighted by molar-refractivity contribution is -0.137. The summed E-state index contributed by atoms with van der Waals surface area (Å²) in [5.41, 5.74) is 5.71. The molecular weight excluding hydrogens is 240 g/mol. The lowest BCUT2D eigenvalue weighted by Crippen LogP contribution is -2.48. The van der Waals surface area contributed by atoms with E-state index in [-0.39, 0.29) is 18.6 Å². The van der Waals surface area contributed by atoms with Crippen molar-refractivity contribution < 1.29 is 9.53 Å². The Morgan fingerprint density at radius 1 is 1.37 bits per heavy atom. The van der Waals surface area contributed by atoms with E-state index in [1.165, 1.54) is 0 Å². The van der Waals surface area contributed by atoms with E-state index in [2.05, 4.69) is 6.92 Å². The highest BCUT2D eigenvalue weighted by molar-refractivity contribution is 5.78. The van der Waals surface area contributed by atoms with E-state index < -0.39 is 0 Å². The van der Waals surface area contributed by atoms with Gasteiger partial charge >= 0.3 is 0 Å². The fraction of sp³-hybridized carbons (Fsp3) is 0.533. The first-order valence-corrected chi connectivity index (χ1v) is 6.88. The van der Waals surface area contributed by atoms with E-state index in [0.717, 1.165) is 25.1 Å². The van der Waals surface area contributed by atoms with E-state index in [1.54, 1.807) is 0 Å². The molecule has 1 saturated heterocycles. The van der Waals surface area contributed by atoms with Crippen LogP contribution in [0.3, 0.4) is 0 Å². The summed E-state index contributed by atoms with van der Waals surface area (Å²) in [5.74, 6) is 1.21. The molecule has 104 valence electrons. The number of piperidine rings is 1. The van der Waals surface area contributed by atoms with Crippen molar-refractivity contribution >= 4 is 5.91 Å². The van der Waals surface area contributed by atoms with Gasteiger partial charge in [0, 0.05) is 12.6 Å². The number of hydrogen-bond donors (Lipinski definition) is 1. The van der Waals surface area contributed by atoms with Crippen LogP contribution < -0.4 is 10.5 Å². The molecule has 4 nitrogen and oxygen atoms in total. The van der Waals surface area contributed by atoms with Gasteiger partial charge in [0.1, 0.15) is 5.75 Å². The van der Waals surface area contributed by atoms with Crippen molar-refractivity contribution in [3.63, 3.8) is 0 Å². The second kappa shape index (κ2) is 6.57. The Morgan fingerprint density at radius 2 is 2.11 bits per heavy atom. The lowest BCUT2D eigenvalue weighted by atomic mass is 9.93.